The largest absolute Gasteiger partial charge is 0.365 e. The zero-order valence-electron chi connectivity index (χ0n) is 9.93. The molecule has 1 fully saturated rings. The molecule has 17 heavy (non-hydrogen) atoms. The van der Waals surface area contributed by atoms with Crippen LogP contribution in [0.4, 0.5) is 0 Å². The molecule has 2 rings (SSSR count). The Morgan fingerprint density at radius 2 is 2.47 bits per heavy atom. The SMILES string of the molecule is CNCC1OCCN(Cc2ccccn2)C1=O. The van der Waals surface area contributed by atoms with Crippen LogP contribution in [0.15, 0.2) is 24.4 Å². The predicted molar refractivity (Wildman–Crippen MR) is 63.3 cm³/mol. The molecule has 2 heterocycles. The summed E-state index contributed by atoms with van der Waals surface area (Å²) in [4.78, 5) is 18.1. The van der Waals surface area contributed by atoms with E-state index in [4.69, 9.17) is 4.74 Å². The third-order valence-corrected chi connectivity index (χ3v) is 2.74. The van der Waals surface area contributed by atoms with Crippen molar-refractivity contribution in [3.05, 3.63) is 30.1 Å². The van der Waals surface area contributed by atoms with E-state index >= 15 is 0 Å². The summed E-state index contributed by atoms with van der Waals surface area (Å²) >= 11 is 0. The van der Waals surface area contributed by atoms with Crippen LogP contribution in [0.2, 0.25) is 0 Å². The van der Waals surface area contributed by atoms with Gasteiger partial charge in [-0.2, -0.15) is 0 Å². The molecule has 0 bridgehead atoms. The number of hydrogen-bond acceptors (Lipinski definition) is 4. The second-order valence-electron chi connectivity index (χ2n) is 4.00. The van der Waals surface area contributed by atoms with Crippen LogP contribution in [0.25, 0.3) is 0 Å². The Bertz CT molecular complexity index is 367. The molecule has 0 aliphatic carbocycles. The van der Waals surface area contributed by atoms with Crippen molar-refractivity contribution in [1.29, 1.82) is 0 Å². The maximum absolute atomic E-state index is 12.1. The lowest BCUT2D eigenvalue weighted by molar-refractivity contribution is -0.153. The van der Waals surface area contributed by atoms with Gasteiger partial charge in [0.25, 0.3) is 5.91 Å². The number of amides is 1. The van der Waals surface area contributed by atoms with Gasteiger partial charge in [-0.15, -0.1) is 0 Å². The highest BCUT2D eigenvalue weighted by Gasteiger charge is 2.28. The predicted octanol–water partition coefficient (Wildman–Crippen LogP) is 0.0284. The van der Waals surface area contributed by atoms with Crippen LogP contribution in [0, 0.1) is 0 Å². The quantitative estimate of drug-likeness (QED) is 0.800. The first-order valence-electron chi connectivity index (χ1n) is 5.76. The molecule has 5 nitrogen and oxygen atoms in total. The number of pyridine rings is 1. The lowest BCUT2D eigenvalue weighted by Crippen LogP contribution is -2.50. The molecule has 1 aliphatic heterocycles. The number of nitrogens with zero attached hydrogens (tertiary/aromatic N) is 2. The van der Waals surface area contributed by atoms with E-state index in [0.717, 1.165) is 5.69 Å². The third kappa shape index (κ3) is 3.01. The summed E-state index contributed by atoms with van der Waals surface area (Å²) in [6.07, 6.45) is 1.38. The van der Waals surface area contributed by atoms with Crippen LogP contribution in [0.5, 0.6) is 0 Å². The van der Waals surface area contributed by atoms with E-state index in [2.05, 4.69) is 10.3 Å². The van der Waals surface area contributed by atoms with E-state index in [1.54, 1.807) is 11.1 Å². The van der Waals surface area contributed by atoms with Gasteiger partial charge < -0.3 is 15.0 Å². The molecule has 1 atom stereocenters. The Morgan fingerprint density at radius 1 is 1.59 bits per heavy atom. The van der Waals surface area contributed by atoms with Gasteiger partial charge in [-0.1, -0.05) is 6.07 Å². The standard InChI is InChI=1S/C12H17N3O2/c1-13-8-11-12(16)15(6-7-17-11)9-10-4-2-3-5-14-10/h2-5,11,13H,6-9H2,1H3. The van der Waals surface area contributed by atoms with Crippen molar-refractivity contribution >= 4 is 5.91 Å². The van der Waals surface area contributed by atoms with Gasteiger partial charge in [-0.3, -0.25) is 9.78 Å². The molecule has 1 aliphatic rings. The second-order valence-corrected chi connectivity index (χ2v) is 4.00. The maximum Gasteiger partial charge on any atom is 0.253 e. The van der Waals surface area contributed by atoms with Crippen molar-refractivity contribution in [1.82, 2.24) is 15.2 Å². The molecule has 1 aromatic heterocycles. The Labute approximate surface area is 101 Å². The first kappa shape index (κ1) is 12.0. The van der Waals surface area contributed by atoms with Crippen LogP contribution in [0.3, 0.4) is 0 Å². The fourth-order valence-electron chi connectivity index (χ4n) is 1.87. The third-order valence-electron chi connectivity index (χ3n) is 2.74. The molecule has 1 amide bonds. The highest BCUT2D eigenvalue weighted by molar-refractivity contribution is 5.81. The monoisotopic (exact) mass is 235 g/mol. The Hall–Kier alpha value is -1.46. The smallest absolute Gasteiger partial charge is 0.253 e. The molecule has 0 radical (unpaired) electrons. The molecule has 0 aromatic carbocycles. The topological polar surface area (TPSA) is 54.5 Å². The number of likely N-dealkylation sites (N-methyl/N-ethyl adjacent to an activating group) is 1. The summed E-state index contributed by atoms with van der Waals surface area (Å²) in [5.74, 6) is 0.0382. The molecule has 0 saturated carbocycles. The number of rotatable bonds is 4. The molecule has 1 N–H and O–H groups in total. The molecule has 1 unspecified atom stereocenters. The molecule has 1 saturated heterocycles. The second kappa shape index (κ2) is 5.75. The molecular formula is C12H17N3O2. The van der Waals surface area contributed by atoms with E-state index < -0.39 is 0 Å². The number of nitrogens with one attached hydrogen (secondary N) is 1. The number of ether oxygens (including phenoxy) is 1. The molecule has 92 valence electrons. The van der Waals surface area contributed by atoms with Gasteiger partial charge in [0, 0.05) is 19.3 Å². The van der Waals surface area contributed by atoms with E-state index in [0.29, 0.717) is 26.2 Å². The summed E-state index contributed by atoms with van der Waals surface area (Å²) < 4.78 is 5.42. The van der Waals surface area contributed by atoms with E-state index in [1.165, 1.54) is 0 Å². The van der Waals surface area contributed by atoms with Crippen LogP contribution in [0.1, 0.15) is 5.69 Å². The van der Waals surface area contributed by atoms with Gasteiger partial charge in [0.2, 0.25) is 0 Å². The minimum Gasteiger partial charge on any atom is -0.365 e. The fourth-order valence-corrected chi connectivity index (χ4v) is 1.87. The van der Waals surface area contributed by atoms with Crippen LogP contribution < -0.4 is 5.32 Å². The summed E-state index contributed by atoms with van der Waals surface area (Å²) in [6, 6.07) is 5.72. The van der Waals surface area contributed by atoms with Crippen LogP contribution >= 0.6 is 0 Å². The number of hydrogen-bond donors (Lipinski definition) is 1. The first-order valence-corrected chi connectivity index (χ1v) is 5.76. The summed E-state index contributed by atoms with van der Waals surface area (Å²) in [5.41, 5.74) is 0.908. The Balaban J connectivity index is 1.98. The zero-order chi connectivity index (χ0) is 12.1. The maximum atomic E-state index is 12.1. The van der Waals surface area contributed by atoms with Crippen LogP contribution in [-0.4, -0.2) is 48.6 Å². The summed E-state index contributed by atoms with van der Waals surface area (Å²) in [5, 5.41) is 2.96. The zero-order valence-corrected chi connectivity index (χ0v) is 9.93. The van der Waals surface area contributed by atoms with Crippen molar-refractivity contribution in [3.63, 3.8) is 0 Å². The number of carbonyl (C=O) groups is 1. The lowest BCUT2D eigenvalue weighted by atomic mass is 10.2. The van der Waals surface area contributed by atoms with Gasteiger partial charge in [-0.05, 0) is 19.2 Å². The van der Waals surface area contributed by atoms with Gasteiger partial charge in [0.15, 0.2) is 0 Å². The van der Waals surface area contributed by atoms with Crippen molar-refractivity contribution < 1.29 is 9.53 Å². The van der Waals surface area contributed by atoms with Gasteiger partial charge in [0.05, 0.1) is 18.8 Å². The summed E-state index contributed by atoms with van der Waals surface area (Å²) in [7, 11) is 1.81. The van der Waals surface area contributed by atoms with Crippen LogP contribution in [-0.2, 0) is 16.1 Å². The minimum atomic E-state index is -0.363. The van der Waals surface area contributed by atoms with E-state index in [-0.39, 0.29) is 12.0 Å². The molecular weight excluding hydrogens is 218 g/mol. The minimum absolute atomic E-state index is 0.0382. The van der Waals surface area contributed by atoms with Crippen molar-refractivity contribution in [2.45, 2.75) is 12.6 Å². The highest BCUT2D eigenvalue weighted by Crippen LogP contribution is 2.10. The van der Waals surface area contributed by atoms with Gasteiger partial charge in [0.1, 0.15) is 6.10 Å². The Kier molecular flexibility index (Phi) is 4.06. The van der Waals surface area contributed by atoms with E-state index in [1.807, 2.05) is 25.2 Å². The molecule has 1 aromatic rings. The van der Waals surface area contributed by atoms with Gasteiger partial charge >= 0.3 is 0 Å². The Morgan fingerprint density at radius 3 is 3.18 bits per heavy atom. The first-order chi connectivity index (χ1) is 8.31. The van der Waals surface area contributed by atoms with E-state index in [9.17, 15) is 4.79 Å². The number of morpholine rings is 1. The average Bonchev–Trinajstić information content (AvgIpc) is 2.36. The normalized spacial score (nSPS) is 20.6. The number of aromatic nitrogens is 1. The molecule has 0 spiro atoms. The lowest BCUT2D eigenvalue weighted by Gasteiger charge is -2.32. The van der Waals surface area contributed by atoms with Crippen molar-refractivity contribution in [2.75, 3.05) is 26.7 Å². The number of carbonyl (C=O) groups excluding carboxylic acids is 1. The molecule has 5 heteroatoms. The summed E-state index contributed by atoms with van der Waals surface area (Å²) in [6.45, 7) is 2.33. The van der Waals surface area contributed by atoms with Crippen molar-refractivity contribution in [2.24, 2.45) is 0 Å². The highest BCUT2D eigenvalue weighted by atomic mass is 16.5. The van der Waals surface area contributed by atoms with Gasteiger partial charge in [-0.25, -0.2) is 0 Å². The van der Waals surface area contributed by atoms with Crippen molar-refractivity contribution in [3.8, 4) is 0 Å². The fraction of sp³-hybridized carbons (Fsp3) is 0.500. The average molecular weight is 235 g/mol.